The van der Waals surface area contributed by atoms with Crippen LogP contribution in [-0.4, -0.2) is 15.9 Å². The van der Waals surface area contributed by atoms with Gasteiger partial charge < -0.3 is 9.15 Å². The van der Waals surface area contributed by atoms with Gasteiger partial charge in [-0.25, -0.2) is 14.8 Å². The van der Waals surface area contributed by atoms with Gasteiger partial charge in [-0.15, -0.1) is 0 Å². The summed E-state index contributed by atoms with van der Waals surface area (Å²) in [6.45, 7) is 1.80. The van der Waals surface area contributed by atoms with Crippen molar-refractivity contribution in [2.75, 3.05) is 0 Å². The number of carbonyl (C=O) groups is 1. The third-order valence-corrected chi connectivity index (χ3v) is 4.20. The second-order valence-electron chi connectivity index (χ2n) is 5.10. The van der Waals surface area contributed by atoms with Gasteiger partial charge in [0.2, 0.25) is 11.2 Å². The molecule has 0 aliphatic rings. The molecule has 0 aliphatic carbocycles. The molecule has 126 valence electrons. The van der Waals surface area contributed by atoms with Crippen molar-refractivity contribution in [1.29, 1.82) is 0 Å². The summed E-state index contributed by atoms with van der Waals surface area (Å²) in [7, 11) is 0. The van der Waals surface area contributed by atoms with Crippen LogP contribution in [0.2, 0.25) is 0 Å². The second kappa shape index (κ2) is 7.76. The Morgan fingerprint density at radius 1 is 1.20 bits per heavy atom. The lowest BCUT2D eigenvalue weighted by Gasteiger charge is -2.06. The molecule has 6 nitrogen and oxygen atoms in total. The first kappa shape index (κ1) is 16.9. The minimum atomic E-state index is -0.592. The Hall–Kier alpha value is -2.93. The Bertz CT molecular complexity index is 941. The molecule has 0 radical (unpaired) electrons. The van der Waals surface area contributed by atoms with Crippen LogP contribution >= 0.6 is 11.8 Å². The molecule has 3 aromatic rings. The Balaban J connectivity index is 1.69. The molecule has 2 heterocycles. The third-order valence-electron chi connectivity index (χ3n) is 3.31. The summed E-state index contributed by atoms with van der Waals surface area (Å²) in [6, 6.07) is 10.0. The van der Waals surface area contributed by atoms with Crippen molar-refractivity contribution in [3.8, 4) is 5.75 Å². The quantitative estimate of drug-likeness (QED) is 0.395. The number of aromatic nitrogens is 2. The van der Waals surface area contributed by atoms with Gasteiger partial charge in [-0.2, -0.15) is 0 Å². The molecule has 0 atom stereocenters. The number of hydrogen-bond acceptors (Lipinski definition) is 7. The van der Waals surface area contributed by atoms with E-state index in [1.54, 1.807) is 43.6 Å². The molecular weight excluding hydrogens is 340 g/mol. The molecule has 0 fully saturated rings. The van der Waals surface area contributed by atoms with E-state index in [0.717, 1.165) is 11.8 Å². The summed E-state index contributed by atoms with van der Waals surface area (Å²) in [4.78, 5) is 32.4. The molecule has 7 heteroatoms. The van der Waals surface area contributed by atoms with Gasteiger partial charge in [0, 0.05) is 18.5 Å². The van der Waals surface area contributed by atoms with Crippen molar-refractivity contribution in [1.82, 2.24) is 9.97 Å². The van der Waals surface area contributed by atoms with E-state index in [2.05, 4.69) is 9.97 Å². The van der Waals surface area contributed by atoms with Crippen LogP contribution in [-0.2, 0) is 5.75 Å². The number of hydrogen-bond donors (Lipinski definition) is 0. The van der Waals surface area contributed by atoms with Crippen LogP contribution in [0.1, 0.15) is 21.7 Å². The summed E-state index contributed by atoms with van der Waals surface area (Å²) in [5.74, 6) is 0.104. The van der Waals surface area contributed by atoms with Gasteiger partial charge in [-0.1, -0.05) is 30.0 Å². The zero-order valence-electron chi connectivity index (χ0n) is 13.3. The third kappa shape index (κ3) is 4.33. The molecule has 0 bridgehead atoms. The van der Waals surface area contributed by atoms with Gasteiger partial charge in [0.15, 0.2) is 5.16 Å². The van der Waals surface area contributed by atoms with Crippen molar-refractivity contribution >= 4 is 17.7 Å². The number of nitrogens with zero attached hydrogens (tertiary/aromatic N) is 2. The Morgan fingerprint density at radius 3 is 2.68 bits per heavy atom. The largest absolute Gasteiger partial charge is 0.464 e. The predicted octanol–water partition coefficient (Wildman–Crippen LogP) is 3.25. The van der Waals surface area contributed by atoms with Crippen LogP contribution in [0.3, 0.4) is 0 Å². The molecule has 1 aromatic carbocycles. The van der Waals surface area contributed by atoms with E-state index in [1.165, 1.54) is 17.8 Å². The zero-order chi connectivity index (χ0) is 17.6. The number of aryl methyl sites for hydroxylation is 1. The van der Waals surface area contributed by atoms with Gasteiger partial charge in [0.05, 0.1) is 11.3 Å². The highest BCUT2D eigenvalue weighted by molar-refractivity contribution is 7.98. The van der Waals surface area contributed by atoms with E-state index in [1.807, 2.05) is 6.07 Å². The molecule has 0 N–H and O–H groups in total. The Labute approximate surface area is 147 Å². The van der Waals surface area contributed by atoms with Crippen LogP contribution in [0.4, 0.5) is 0 Å². The Morgan fingerprint density at radius 2 is 1.96 bits per heavy atom. The van der Waals surface area contributed by atoms with Gasteiger partial charge in [-0.05, 0) is 24.6 Å². The predicted molar refractivity (Wildman–Crippen MR) is 92.7 cm³/mol. The van der Waals surface area contributed by atoms with Crippen molar-refractivity contribution in [3.05, 3.63) is 82.2 Å². The SMILES string of the molecule is Cc1ccccc1C(=O)Oc1coc(CSc2ncccn2)cc1=O. The summed E-state index contributed by atoms with van der Waals surface area (Å²) >= 11 is 1.34. The molecule has 0 saturated carbocycles. The second-order valence-corrected chi connectivity index (χ2v) is 6.04. The van der Waals surface area contributed by atoms with Crippen molar-refractivity contribution in [3.63, 3.8) is 0 Å². The highest BCUT2D eigenvalue weighted by atomic mass is 32.2. The van der Waals surface area contributed by atoms with Crippen molar-refractivity contribution in [2.24, 2.45) is 0 Å². The lowest BCUT2D eigenvalue weighted by molar-refractivity contribution is 0.0728. The lowest BCUT2D eigenvalue weighted by atomic mass is 10.1. The van der Waals surface area contributed by atoms with Crippen molar-refractivity contribution < 1.29 is 13.9 Å². The molecule has 25 heavy (non-hydrogen) atoms. The van der Waals surface area contributed by atoms with E-state index < -0.39 is 11.4 Å². The maximum atomic E-state index is 12.2. The average molecular weight is 354 g/mol. The Kier molecular flexibility index (Phi) is 5.25. The van der Waals surface area contributed by atoms with Gasteiger partial charge in [-0.3, -0.25) is 4.79 Å². The highest BCUT2D eigenvalue weighted by Gasteiger charge is 2.14. The number of carbonyl (C=O) groups excluding carboxylic acids is 1. The molecule has 0 aliphatic heterocycles. The van der Waals surface area contributed by atoms with Gasteiger partial charge in [0.25, 0.3) is 0 Å². The number of rotatable bonds is 5. The number of ether oxygens (including phenoxy) is 1. The van der Waals surface area contributed by atoms with Crippen LogP contribution in [0.25, 0.3) is 0 Å². The topological polar surface area (TPSA) is 82.3 Å². The zero-order valence-corrected chi connectivity index (χ0v) is 14.2. The first-order valence-electron chi connectivity index (χ1n) is 7.43. The van der Waals surface area contributed by atoms with E-state index in [-0.39, 0.29) is 5.75 Å². The molecule has 3 rings (SSSR count). The number of esters is 1. The minimum Gasteiger partial charge on any atom is -0.464 e. The molecule has 0 amide bonds. The maximum absolute atomic E-state index is 12.2. The van der Waals surface area contributed by atoms with Crippen LogP contribution < -0.4 is 10.2 Å². The number of thioether (sulfide) groups is 1. The van der Waals surface area contributed by atoms with E-state index >= 15 is 0 Å². The fourth-order valence-corrected chi connectivity index (χ4v) is 2.73. The van der Waals surface area contributed by atoms with Crippen LogP contribution in [0.5, 0.6) is 5.75 Å². The summed E-state index contributed by atoms with van der Waals surface area (Å²) in [5.41, 5.74) is 0.758. The fraction of sp³-hybridized carbons (Fsp3) is 0.111. The smallest absolute Gasteiger partial charge is 0.344 e. The molecule has 2 aromatic heterocycles. The normalized spacial score (nSPS) is 10.4. The summed E-state index contributed by atoms with van der Waals surface area (Å²) in [5, 5.41) is 0.584. The molecule has 0 unspecified atom stereocenters. The minimum absolute atomic E-state index is 0.141. The average Bonchev–Trinajstić information content (AvgIpc) is 2.63. The maximum Gasteiger partial charge on any atom is 0.344 e. The summed E-state index contributed by atoms with van der Waals surface area (Å²) in [6.07, 6.45) is 4.43. The van der Waals surface area contributed by atoms with Crippen molar-refractivity contribution in [2.45, 2.75) is 17.8 Å². The first-order chi connectivity index (χ1) is 12.1. The van der Waals surface area contributed by atoms with Crippen LogP contribution in [0, 0.1) is 6.92 Å². The monoisotopic (exact) mass is 354 g/mol. The standard InChI is InChI=1S/C18H14N2O4S/c1-12-5-2-3-6-14(12)17(22)24-16-10-23-13(9-15(16)21)11-25-18-19-7-4-8-20-18/h2-10H,11H2,1H3. The lowest BCUT2D eigenvalue weighted by Crippen LogP contribution is -2.15. The van der Waals surface area contributed by atoms with E-state index in [9.17, 15) is 9.59 Å². The molecule has 0 saturated heterocycles. The van der Waals surface area contributed by atoms with E-state index in [0.29, 0.717) is 22.2 Å². The fourth-order valence-electron chi connectivity index (χ4n) is 2.04. The highest BCUT2D eigenvalue weighted by Crippen LogP contribution is 2.19. The van der Waals surface area contributed by atoms with Gasteiger partial charge >= 0.3 is 5.97 Å². The van der Waals surface area contributed by atoms with E-state index in [4.69, 9.17) is 9.15 Å². The van der Waals surface area contributed by atoms with Gasteiger partial charge in [0.1, 0.15) is 12.0 Å². The molecule has 0 spiro atoms. The first-order valence-corrected chi connectivity index (χ1v) is 8.41. The molecular formula is C18H14N2O4S. The van der Waals surface area contributed by atoms with Crippen LogP contribution in [0.15, 0.2) is 69.4 Å². The number of benzene rings is 1. The summed E-state index contributed by atoms with van der Waals surface area (Å²) < 4.78 is 10.5.